The van der Waals surface area contributed by atoms with Gasteiger partial charge in [-0.15, -0.1) is 0 Å². The van der Waals surface area contributed by atoms with Crippen LogP contribution in [-0.2, 0) is 0 Å². The Morgan fingerprint density at radius 3 is 0.900 bits per heavy atom. The third-order valence-corrected chi connectivity index (χ3v) is 2.07. The van der Waals surface area contributed by atoms with Gasteiger partial charge in [-0.2, -0.15) is 67.9 Å². The molecule has 0 aliphatic rings. The normalized spacial score (nSPS) is 7.50. The van der Waals surface area contributed by atoms with Gasteiger partial charge in [-0.05, 0) is 0 Å². The van der Waals surface area contributed by atoms with Crippen molar-refractivity contribution in [3.05, 3.63) is 97.4 Å². The van der Waals surface area contributed by atoms with E-state index in [0.29, 0.717) is 0 Å². The summed E-state index contributed by atoms with van der Waals surface area (Å²) in [5.41, 5.74) is 0. The molecule has 3 aromatic rings. The molecule has 0 saturated heterocycles. The summed E-state index contributed by atoms with van der Waals surface area (Å²) in [7, 11) is 0. The quantitative estimate of drug-likeness (QED) is 0.381. The molecule has 0 radical (unpaired) electrons. The average Bonchev–Trinajstić information content (AvgIpc) is 3.28. The number of unbranched alkanes of at least 4 members (excludes halogenated alkanes) is 1. The molecule has 0 heterocycles. The van der Waals surface area contributed by atoms with E-state index in [1.807, 2.05) is 91.0 Å². The van der Waals surface area contributed by atoms with E-state index < -0.39 is 0 Å². The molecule has 0 N–H and O–H groups in total. The van der Waals surface area contributed by atoms with Crippen molar-refractivity contribution < 1.29 is 39.9 Å². The Kier molecular flexibility index (Phi) is 22.4. The van der Waals surface area contributed by atoms with Crippen molar-refractivity contribution in [2.75, 3.05) is 0 Å². The topological polar surface area (TPSA) is 0 Å². The molecule has 20 heavy (non-hydrogen) atoms. The molecule has 0 spiro atoms. The van der Waals surface area contributed by atoms with Gasteiger partial charge in [0.2, 0.25) is 0 Å². The van der Waals surface area contributed by atoms with Gasteiger partial charge < -0.3 is 6.42 Å². The van der Waals surface area contributed by atoms with Gasteiger partial charge >= 0.3 is 39.9 Å². The molecule has 0 atom stereocenters. The molecule has 3 aromatic carbocycles. The van der Waals surface area contributed by atoms with E-state index in [9.17, 15) is 0 Å². The Bertz CT molecular complexity index is 263. The van der Waals surface area contributed by atoms with E-state index in [1.54, 1.807) is 0 Å². The summed E-state index contributed by atoms with van der Waals surface area (Å²) in [5.74, 6) is 0. The zero-order valence-electron chi connectivity index (χ0n) is 12.4. The maximum absolute atomic E-state index is 2.12. The van der Waals surface area contributed by atoms with Crippen LogP contribution in [0.4, 0.5) is 0 Å². The molecule has 104 valence electrons. The Labute approximate surface area is 156 Å². The van der Waals surface area contributed by atoms with Crippen LogP contribution in [0.3, 0.4) is 0 Å². The van der Waals surface area contributed by atoms with E-state index in [2.05, 4.69) is 20.3 Å². The minimum atomic E-state index is 0. The van der Waals surface area contributed by atoms with Crippen LogP contribution in [0.1, 0.15) is 20.3 Å². The summed E-state index contributed by atoms with van der Waals surface area (Å²) >= 11 is 0. The van der Waals surface area contributed by atoms with Crippen LogP contribution < -0.4 is 0 Å². The van der Waals surface area contributed by atoms with Crippen LogP contribution >= 0.6 is 0 Å². The van der Waals surface area contributed by atoms with E-state index in [4.69, 9.17) is 0 Å². The van der Waals surface area contributed by atoms with Crippen LogP contribution in [-0.4, -0.2) is 0 Å². The summed E-state index contributed by atoms with van der Waals surface area (Å²) in [4.78, 5) is 0. The minimum Gasteiger partial charge on any atom is -0.332 e. The van der Waals surface area contributed by atoms with Crippen molar-refractivity contribution >= 4 is 0 Å². The van der Waals surface area contributed by atoms with Crippen molar-refractivity contribution in [3.63, 3.8) is 0 Å². The van der Waals surface area contributed by atoms with Gasteiger partial charge in [0, 0.05) is 0 Å². The van der Waals surface area contributed by atoms with Gasteiger partial charge in [-0.25, -0.2) is 36.4 Å². The molecule has 0 aliphatic carbocycles. The van der Waals surface area contributed by atoms with Gasteiger partial charge in [0.25, 0.3) is 0 Å². The van der Waals surface area contributed by atoms with E-state index in [0.717, 1.165) is 0 Å². The molecule has 3 rings (SSSR count). The Morgan fingerprint density at radius 2 is 0.850 bits per heavy atom. The fraction of sp³-hybridized carbons (Fsp3) is 0.158. The first-order chi connectivity index (χ1) is 9.41. The van der Waals surface area contributed by atoms with Crippen molar-refractivity contribution in [1.29, 1.82) is 0 Å². The van der Waals surface area contributed by atoms with Crippen molar-refractivity contribution in [2.45, 2.75) is 20.3 Å². The predicted octanol–water partition coefficient (Wildman–Crippen LogP) is 5.84. The van der Waals surface area contributed by atoms with Crippen molar-refractivity contribution in [2.24, 2.45) is 0 Å². The maximum atomic E-state index is 2.12. The number of hydrogen-bond donors (Lipinski definition) is 0. The van der Waals surface area contributed by atoms with Crippen molar-refractivity contribution in [1.82, 2.24) is 0 Å². The fourth-order valence-corrected chi connectivity index (χ4v) is 0.962. The number of rotatable bonds is 1. The van der Waals surface area contributed by atoms with Crippen LogP contribution in [0, 0.1) is 46.4 Å². The van der Waals surface area contributed by atoms with Gasteiger partial charge in [-0.1, -0.05) is 6.92 Å². The zero-order valence-corrected chi connectivity index (χ0v) is 16.6. The summed E-state index contributed by atoms with van der Waals surface area (Å²) in [6.45, 7) is 4.18. The molecule has 0 aromatic heterocycles. The molecule has 1 heteroatoms. The first-order valence-electron chi connectivity index (χ1n) is 6.69. The molecule has 0 unspecified atom stereocenters. The predicted molar refractivity (Wildman–Crippen MR) is 86.4 cm³/mol. The first kappa shape index (κ1) is 21.7. The smallest absolute Gasteiger partial charge is 0.332 e. The number of hydrogen-bond acceptors (Lipinski definition) is 0. The largest absolute Gasteiger partial charge is 4.00 e. The fourth-order valence-electron chi connectivity index (χ4n) is 0.962. The Hall–Kier alpha value is -0.625. The third kappa shape index (κ3) is 19.7. The maximum Gasteiger partial charge on any atom is 4.00 e. The second-order valence-electron chi connectivity index (χ2n) is 3.70. The van der Waals surface area contributed by atoms with Gasteiger partial charge in [0.05, 0.1) is 0 Å². The Balaban J connectivity index is 0. The summed E-state index contributed by atoms with van der Waals surface area (Å²) in [6.07, 6.45) is 3.32. The van der Waals surface area contributed by atoms with Crippen LogP contribution in [0.2, 0.25) is 0 Å². The minimum absolute atomic E-state index is 0. The molecule has 0 aliphatic heterocycles. The molecule has 0 amide bonds. The third-order valence-electron chi connectivity index (χ3n) is 2.07. The van der Waals surface area contributed by atoms with E-state index >= 15 is 0 Å². The molecular formula is C19H24Th. The van der Waals surface area contributed by atoms with Crippen LogP contribution in [0.25, 0.3) is 0 Å². The zero-order chi connectivity index (χ0) is 14.0. The summed E-state index contributed by atoms with van der Waals surface area (Å²) in [5, 5.41) is 0. The average molecular weight is 484 g/mol. The van der Waals surface area contributed by atoms with Crippen molar-refractivity contribution in [3.8, 4) is 0 Å². The summed E-state index contributed by atoms with van der Waals surface area (Å²) in [6, 6.07) is 30.0. The summed E-state index contributed by atoms with van der Waals surface area (Å²) < 4.78 is 0. The molecule has 0 nitrogen and oxygen atoms in total. The molecule has 0 saturated carbocycles. The molecular weight excluding hydrogens is 460 g/mol. The molecule has 0 fully saturated rings. The first-order valence-corrected chi connectivity index (χ1v) is 6.69. The van der Waals surface area contributed by atoms with Gasteiger partial charge in [-0.3, -0.25) is 0 Å². The molecule has 0 bridgehead atoms. The van der Waals surface area contributed by atoms with Crippen LogP contribution in [0.15, 0.2) is 91.0 Å². The standard InChI is InChI=1S/3C5H5.C4H9.Th/c3*1-2-4-5-3-1;1-3-4-2;/h3*1-5H;3H,4H2,1-2H3;/q4*-1;+4. The SMILES string of the molecule is C[CH-]CC.[Th+4].c1cc[cH-]c1.c1cc[cH-]c1.c1cc[cH-]c1. The Morgan fingerprint density at radius 1 is 0.650 bits per heavy atom. The van der Waals surface area contributed by atoms with Gasteiger partial charge in [0.15, 0.2) is 0 Å². The second-order valence-corrected chi connectivity index (χ2v) is 3.70. The van der Waals surface area contributed by atoms with Gasteiger partial charge in [0.1, 0.15) is 0 Å². The van der Waals surface area contributed by atoms with E-state index in [-0.39, 0.29) is 39.9 Å². The second kappa shape index (κ2) is 20.7. The van der Waals surface area contributed by atoms with E-state index in [1.165, 1.54) is 6.42 Å². The van der Waals surface area contributed by atoms with Crippen LogP contribution in [0.5, 0.6) is 0 Å². The monoisotopic (exact) mass is 484 g/mol.